The monoisotopic (exact) mass is 265 g/mol. The van der Waals surface area contributed by atoms with E-state index < -0.39 is 0 Å². The van der Waals surface area contributed by atoms with E-state index in [9.17, 15) is 4.79 Å². The summed E-state index contributed by atoms with van der Waals surface area (Å²) in [4.78, 5) is 14.0. The van der Waals surface area contributed by atoms with Crippen LogP contribution in [-0.2, 0) is 18.3 Å². The summed E-state index contributed by atoms with van der Waals surface area (Å²) in [6, 6.07) is 0.310. The standard InChI is InChI=1S/C13H23N5O/c1-17-9-11(8-16-17)2-5-15-13(19)10-18-6-3-12(14)4-7-18/h8-9,12H,2-7,10,14H2,1H3,(H,15,19). The first kappa shape index (κ1) is 14.0. The van der Waals surface area contributed by atoms with Crippen molar-refractivity contribution in [3.8, 4) is 0 Å². The van der Waals surface area contributed by atoms with Gasteiger partial charge in [0.05, 0.1) is 12.7 Å². The maximum atomic E-state index is 11.8. The van der Waals surface area contributed by atoms with E-state index in [0.717, 1.165) is 37.9 Å². The van der Waals surface area contributed by atoms with Gasteiger partial charge in [-0.15, -0.1) is 0 Å². The second-order valence-electron chi connectivity index (χ2n) is 5.24. The Labute approximate surface area is 113 Å². The molecule has 1 aliphatic heterocycles. The summed E-state index contributed by atoms with van der Waals surface area (Å²) in [5.41, 5.74) is 6.98. The van der Waals surface area contributed by atoms with Crippen molar-refractivity contribution in [3.05, 3.63) is 18.0 Å². The molecule has 0 radical (unpaired) electrons. The number of rotatable bonds is 5. The van der Waals surface area contributed by atoms with Crippen molar-refractivity contribution in [2.75, 3.05) is 26.2 Å². The molecule has 1 aliphatic rings. The largest absolute Gasteiger partial charge is 0.355 e. The smallest absolute Gasteiger partial charge is 0.234 e. The number of hydrogen-bond donors (Lipinski definition) is 2. The summed E-state index contributed by atoms with van der Waals surface area (Å²) < 4.78 is 1.77. The molecule has 2 rings (SSSR count). The van der Waals surface area contributed by atoms with Crippen molar-refractivity contribution in [1.82, 2.24) is 20.0 Å². The number of nitrogens with two attached hydrogens (primary N) is 1. The topological polar surface area (TPSA) is 76.2 Å². The van der Waals surface area contributed by atoms with Gasteiger partial charge in [-0.1, -0.05) is 0 Å². The Bertz CT molecular complexity index is 409. The van der Waals surface area contributed by atoms with Gasteiger partial charge in [-0.3, -0.25) is 14.4 Å². The fourth-order valence-corrected chi connectivity index (χ4v) is 2.32. The summed E-state index contributed by atoms with van der Waals surface area (Å²) in [6.45, 7) is 3.01. The average molecular weight is 265 g/mol. The molecule has 0 aromatic carbocycles. The van der Waals surface area contributed by atoms with Gasteiger partial charge < -0.3 is 11.1 Å². The molecule has 19 heavy (non-hydrogen) atoms. The number of nitrogens with zero attached hydrogens (tertiary/aromatic N) is 3. The van der Waals surface area contributed by atoms with Gasteiger partial charge in [-0.2, -0.15) is 5.10 Å². The van der Waals surface area contributed by atoms with Crippen molar-refractivity contribution in [2.24, 2.45) is 12.8 Å². The lowest BCUT2D eigenvalue weighted by Crippen LogP contribution is -2.44. The van der Waals surface area contributed by atoms with Crippen molar-refractivity contribution in [2.45, 2.75) is 25.3 Å². The van der Waals surface area contributed by atoms with E-state index in [1.165, 1.54) is 0 Å². The van der Waals surface area contributed by atoms with E-state index in [0.29, 0.717) is 19.1 Å². The van der Waals surface area contributed by atoms with E-state index in [-0.39, 0.29) is 5.91 Å². The molecule has 0 aliphatic carbocycles. The molecule has 3 N–H and O–H groups in total. The number of aromatic nitrogens is 2. The number of carbonyl (C=O) groups excluding carboxylic acids is 1. The molecule has 0 spiro atoms. The first-order valence-corrected chi connectivity index (χ1v) is 6.85. The molecule has 0 unspecified atom stereocenters. The Morgan fingerprint density at radius 1 is 1.53 bits per heavy atom. The molecule has 6 heteroatoms. The van der Waals surface area contributed by atoms with E-state index in [4.69, 9.17) is 5.73 Å². The summed E-state index contributed by atoms with van der Waals surface area (Å²) in [6.07, 6.45) is 6.60. The van der Waals surface area contributed by atoms with E-state index in [2.05, 4.69) is 15.3 Å². The minimum absolute atomic E-state index is 0.0966. The lowest BCUT2D eigenvalue weighted by Gasteiger charge is -2.29. The summed E-state index contributed by atoms with van der Waals surface area (Å²) in [7, 11) is 1.89. The summed E-state index contributed by atoms with van der Waals surface area (Å²) in [5.74, 6) is 0.0966. The van der Waals surface area contributed by atoms with Gasteiger partial charge in [0.25, 0.3) is 0 Å². The third kappa shape index (κ3) is 4.65. The zero-order chi connectivity index (χ0) is 13.7. The number of amides is 1. The summed E-state index contributed by atoms with van der Waals surface area (Å²) >= 11 is 0. The quantitative estimate of drug-likeness (QED) is 0.753. The van der Waals surface area contributed by atoms with Crippen LogP contribution >= 0.6 is 0 Å². The second kappa shape index (κ2) is 6.68. The second-order valence-corrected chi connectivity index (χ2v) is 5.24. The Balaban J connectivity index is 1.62. The zero-order valence-electron chi connectivity index (χ0n) is 11.5. The van der Waals surface area contributed by atoms with Crippen molar-refractivity contribution in [1.29, 1.82) is 0 Å². The normalized spacial score (nSPS) is 17.6. The van der Waals surface area contributed by atoms with Gasteiger partial charge in [0, 0.05) is 38.9 Å². The lowest BCUT2D eigenvalue weighted by atomic mass is 10.1. The van der Waals surface area contributed by atoms with Gasteiger partial charge in [0.15, 0.2) is 0 Å². The Morgan fingerprint density at radius 3 is 2.89 bits per heavy atom. The number of nitrogens with one attached hydrogen (secondary N) is 1. The number of likely N-dealkylation sites (tertiary alicyclic amines) is 1. The number of aryl methyl sites for hydroxylation is 1. The van der Waals surface area contributed by atoms with Crippen LogP contribution in [-0.4, -0.2) is 52.8 Å². The molecule has 1 aromatic heterocycles. The number of piperidine rings is 1. The molecule has 1 aromatic rings. The third-order valence-corrected chi connectivity index (χ3v) is 3.49. The van der Waals surface area contributed by atoms with Crippen LogP contribution in [0, 0.1) is 0 Å². The predicted octanol–water partition coefficient (Wildman–Crippen LogP) is -0.498. The molecular formula is C13H23N5O. The fraction of sp³-hybridized carbons (Fsp3) is 0.692. The van der Waals surface area contributed by atoms with Crippen LogP contribution in [0.2, 0.25) is 0 Å². The minimum atomic E-state index is 0.0966. The van der Waals surface area contributed by atoms with Gasteiger partial charge in [0.1, 0.15) is 0 Å². The highest BCUT2D eigenvalue weighted by Crippen LogP contribution is 2.07. The Hall–Kier alpha value is -1.40. The summed E-state index contributed by atoms with van der Waals surface area (Å²) in [5, 5.41) is 7.05. The van der Waals surface area contributed by atoms with Crippen molar-refractivity contribution >= 4 is 5.91 Å². The van der Waals surface area contributed by atoms with E-state index in [1.807, 2.05) is 19.4 Å². The van der Waals surface area contributed by atoms with Crippen molar-refractivity contribution in [3.63, 3.8) is 0 Å². The predicted molar refractivity (Wildman–Crippen MR) is 73.6 cm³/mol. The van der Waals surface area contributed by atoms with Crippen molar-refractivity contribution < 1.29 is 4.79 Å². The maximum Gasteiger partial charge on any atom is 0.234 e. The van der Waals surface area contributed by atoms with E-state index >= 15 is 0 Å². The molecule has 1 fully saturated rings. The molecule has 1 saturated heterocycles. The van der Waals surface area contributed by atoms with Gasteiger partial charge in [-0.25, -0.2) is 0 Å². The maximum absolute atomic E-state index is 11.8. The highest BCUT2D eigenvalue weighted by molar-refractivity contribution is 5.78. The molecule has 106 valence electrons. The first-order valence-electron chi connectivity index (χ1n) is 6.85. The Morgan fingerprint density at radius 2 is 2.26 bits per heavy atom. The van der Waals surface area contributed by atoms with Crippen LogP contribution in [0.1, 0.15) is 18.4 Å². The van der Waals surface area contributed by atoms with E-state index in [1.54, 1.807) is 4.68 Å². The SMILES string of the molecule is Cn1cc(CCNC(=O)CN2CCC(N)CC2)cn1. The van der Waals surface area contributed by atoms with Gasteiger partial charge in [-0.05, 0) is 24.8 Å². The molecule has 0 saturated carbocycles. The zero-order valence-corrected chi connectivity index (χ0v) is 11.5. The average Bonchev–Trinajstić information content (AvgIpc) is 2.78. The Kier molecular flexibility index (Phi) is 4.93. The van der Waals surface area contributed by atoms with Crippen LogP contribution in [0.4, 0.5) is 0 Å². The van der Waals surface area contributed by atoms with Crippen LogP contribution in [0.5, 0.6) is 0 Å². The molecule has 0 atom stereocenters. The van der Waals surface area contributed by atoms with Gasteiger partial charge >= 0.3 is 0 Å². The molecule has 6 nitrogen and oxygen atoms in total. The van der Waals surface area contributed by atoms with Crippen LogP contribution in [0.3, 0.4) is 0 Å². The number of carbonyl (C=O) groups is 1. The first-order chi connectivity index (χ1) is 9.13. The molecule has 1 amide bonds. The molecular weight excluding hydrogens is 242 g/mol. The molecule has 0 bridgehead atoms. The van der Waals surface area contributed by atoms with Gasteiger partial charge in [0.2, 0.25) is 5.91 Å². The third-order valence-electron chi connectivity index (χ3n) is 3.49. The minimum Gasteiger partial charge on any atom is -0.355 e. The molecule has 2 heterocycles. The lowest BCUT2D eigenvalue weighted by molar-refractivity contribution is -0.122. The van der Waals surface area contributed by atoms with Crippen LogP contribution < -0.4 is 11.1 Å². The highest BCUT2D eigenvalue weighted by Gasteiger charge is 2.17. The van der Waals surface area contributed by atoms with Crippen LogP contribution in [0.15, 0.2) is 12.4 Å². The number of hydrogen-bond acceptors (Lipinski definition) is 4. The fourth-order valence-electron chi connectivity index (χ4n) is 2.32. The highest BCUT2D eigenvalue weighted by atomic mass is 16.2. The van der Waals surface area contributed by atoms with Crippen LogP contribution in [0.25, 0.3) is 0 Å².